The van der Waals surface area contributed by atoms with Gasteiger partial charge in [0.05, 0.1) is 6.20 Å². The zero-order chi connectivity index (χ0) is 13.0. The summed E-state index contributed by atoms with van der Waals surface area (Å²) in [5.41, 5.74) is 1.41. The van der Waals surface area contributed by atoms with Gasteiger partial charge in [-0.3, -0.25) is 4.68 Å². The number of aromatic nitrogens is 2. The average Bonchev–Trinajstić information content (AvgIpc) is 2.78. The van der Waals surface area contributed by atoms with Crippen LogP contribution in [0.5, 0.6) is 0 Å². The van der Waals surface area contributed by atoms with Gasteiger partial charge in [0.2, 0.25) is 0 Å². The van der Waals surface area contributed by atoms with E-state index in [0.29, 0.717) is 0 Å². The molecule has 0 aromatic carbocycles. The summed E-state index contributed by atoms with van der Waals surface area (Å²) in [5.74, 6) is 2.51. The van der Waals surface area contributed by atoms with Crippen molar-refractivity contribution in [1.82, 2.24) is 15.1 Å². The molecule has 0 radical (unpaired) electrons. The minimum Gasteiger partial charge on any atom is -0.316 e. The van der Waals surface area contributed by atoms with E-state index in [1.165, 1.54) is 31.4 Å². The Labute approximate surface area is 111 Å². The second-order valence-electron chi connectivity index (χ2n) is 6.06. The number of hydrogen-bond acceptors (Lipinski definition) is 2. The Morgan fingerprint density at radius 1 is 1.39 bits per heavy atom. The molecule has 2 rings (SSSR count). The highest BCUT2D eigenvalue weighted by Gasteiger charge is 2.30. The minimum absolute atomic E-state index is 0.756. The van der Waals surface area contributed by atoms with E-state index >= 15 is 0 Å². The molecular weight excluding hydrogens is 222 g/mol. The van der Waals surface area contributed by atoms with Crippen molar-refractivity contribution in [3.8, 4) is 0 Å². The van der Waals surface area contributed by atoms with Gasteiger partial charge in [-0.05, 0) is 62.6 Å². The highest BCUT2D eigenvalue weighted by atomic mass is 15.3. The van der Waals surface area contributed by atoms with E-state index in [0.717, 1.165) is 30.8 Å². The SMILES string of the molecule is CCn1cc(CC2CCC2CNCC(C)C)cn1. The molecule has 1 saturated carbocycles. The molecule has 2 atom stereocenters. The lowest BCUT2D eigenvalue weighted by molar-refractivity contribution is 0.169. The van der Waals surface area contributed by atoms with E-state index in [2.05, 4.69) is 37.4 Å². The van der Waals surface area contributed by atoms with Gasteiger partial charge in [0.1, 0.15) is 0 Å². The first-order valence-corrected chi connectivity index (χ1v) is 7.41. The largest absolute Gasteiger partial charge is 0.316 e. The van der Waals surface area contributed by atoms with Gasteiger partial charge in [0.25, 0.3) is 0 Å². The van der Waals surface area contributed by atoms with Gasteiger partial charge in [-0.2, -0.15) is 5.10 Å². The first-order valence-electron chi connectivity index (χ1n) is 7.41. The third-order valence-corrected chi connectivity index (χ3v) is 4.04. The lowest BCUT2D eigenvalue weighted by atomic mass is 9.71. The molecule has 0 saturated heterocycles. The first kappa shape index (κ1) is 13.6. The molecule has 1 fully saturated rings. The van der Waals surface area contributed by atoms with Gasteiger partial charge in [0.15, 0.2) is 0 Å². The Balaban J connectivity index is 1.73. The molecule has 1 aromatic rings. The van der Waals surface area contributed by atoms with Crippen molar-refractivity contribution in [2.45, 2.75) is 46.6 Å². The van der Waals surface area contributed by atoms with Crippen LogP contribution in [0.4, 0.5) is 0 Å². The van der Waals surface area contributed by atoms with Crippen LogP contribution in [0.3, 0.4) is 0 Å². The molecule has 18 heavy (non-hydrogen) atoms. The number of nitrogens with one attached hydrogen (secondary N) is 1. The van der Waals surface area contributed by atoms with Crippen molar-refractivity contribution in [1.29, 1.82) is 0 Å². The van der Waals surface area contributed by atoms with Crippen LogP contribution in [0.2, 0.25) is 0 Å². The summed E-state index contributed by atoms with van der Waals surface area (Å²) >= 11 is 0. The van der Waals surface area contributed by atoms with Crippen molar-refractivity contribution in [2.75, 3.05) is 13.1 Å². The molecule has 1 N–H and O–H groups in total. The molecule has 0 aliphatic heterocycles. The Morgan fingerprint density at radius 3 is 2.72 bits per heavy atom. The fourth-order valence-corrected chi connectivity index (χ4v) is 2.72. The fourth-order valence-electron chi connectivity index (χ4n) is 2.72. The van der Waals surface area contributed by atoms with E-state index in [1.807, 2.05) is 10.9 Å². The third-order valence-electron chi connectivity index (χ3n) is 4.04. The van der Waals surface area contributed by atoms with Gasteiger partial charge in [-0.15, -0.1) is 0 Å². The maximum atomic E-state index is 4.36. The second-order valence-corrected chi connectivity index (χ2v) is 6.06. The predicted molar refractivity (Wildman–Crippen MR) is 75.5 cm³/mol. The van der Waals surface area contributed by atoms with Crippen LogP contribution < -0.4 is 5.32 Å². The number of rotatable bonds is 7. The van der Waals surface area contributed by atoms with Gasteiger partial charge >= 0.3 is 0 Å². The third kappa shape index (κ3) is 3.58. The van der Waals surface area contributed by atoms with Crippen LogP contribution in [0, 0.1) is 17.8 Å². The Hall–Kier alpha value is -0.830. The van der Waals surface area contributed by atoms with Crippen molar-refractivity contribution < 1.29 is 0 Å². The summed E-state index contributed by atoms with van der Waals surface area (Å²) in [4.78, 5) is 0. The zero-order valence-electron chi connectivity index (χ0n) is 12.0. The smallest absolute Gasteiger partial charge is 0.0521 e. The normalized spacial score (nSPS) is 23.3. The van der Waals surface area contributed by atoms with Crippen LogP contribution in [0.15, 0.2) is 12.4 Å². The molecule has 1 aliphatic carbocycles. The van der Waals surface area contributed by atoms with Crippen LogP contribution in [0.25, 0.3) is 0 Å². The first-order chi connectivity index (χ1) is 8.69. The van der Waals surface area contributed by atoms with Crippen LogP contribution in [-0.2, 0) is 13.0 Å². The van der Waals surface area contributed by atoms with Crippen molar-refractivity contribution in [2.24, 2.45) is 17.8 Å². The molecule has 0 amide bonds. The van der Waals surface area contributed by atoms with E-state index < -0.39 is 0 Å². The van der Waals surface area contributed by atoms with Gasteiger partial charge in [-0.1, -0.05) is 13.8 Å². The number of aryl methyl sites for hydroxylation is 1. The van der Waals surface area contributed by atoms with E-state index in [9.17, 15) is 0 Å². The summed E-state index contributed by atoms with van der Waals surface area (Å²) in [6, 6.07) is 0. The molecule has 0 bridgehead atoms. The van der Waals surface area contributed by atoms with E-state index in [4.69, 9.17) is 0 Å². The molecule has 1 aromatic heterocycles. The van der Waals surface area contributed by atoms with Crippen molar-refractivity contribution >= 4 is 0 Å². The maximum absolute atomic E-state index is 4.36. The molecule has 3 nitrogen and oxygen atoms in total. The predicted octanol–water partition coefficient (Wildman–Crippen LogP) is 2.72. The highest BCUT2D eigenvalue weighted by molar-refractivity contribution is 5.07. The Bertz CT molecular complexity index is 356. The topological polar surface area (TPSA) is 29.9 Å². The van der Waals surface area contributed by atoms with E-state index in [1.54, 1.807) is 0 Å². The zero-order valence-corrected chi connectivity index (χ0v) is 12.0. The van der Waals surface area contributed by atoms with Gasteiger partial charge in [-0.25, -0.2) is 0 Å². The molecule has 1 aliphatic rings. The van der Waals surface area contributed by atoms with Crippen molar-refractivity contribution in [3.63, 3.8) is 0 Å². The standard InChI is InChI=1S/C15H27N3/c1-4-18-11-13(9-17-18)7-14-5-6-15(14)10-16-8-12(2)3/h9,11-12,14-16H,4-8,10H2,1-3H3. The second kappa shape index (κ2) is 6.37. The Kier molecular flexibility index (Phi) is 4.81. The summed E-state index contributed by atoms with van der Waals surface area (Å²) in [7, 11) is 0. The van der Waals surface area contributed by atoms with Gasteiger partial charge in [0, 0.05) is 12.7 Å². The molecule has 0 spiro atoms. The Morgan fingerprint density at radius 2 is 2.17 bits per heavy atom. The summed E-state index contributed by atoms with van der Waals surface area (Å²) in [5, 5.41) is 7.96. The van der Waals surface area contributed by atoms with Crippen molar-refractivity contribution in [3.05, 3.63) is 18.0 Å². The minimum atomic E-state index is 0.756. The quantitative estimate of drug-likeness (QED) is 0.805. The maximum Gasteiger partial charge on any atom is 0.0521 e. The molecule has 102 valence electrons. The monoisotopic (exact) mass is 249 g/mol. The van der Waals surface area contributed by atoms with Crippen LogP contribution >= 0.6 is 0 Å². The lowest BCUT2D eigenvalue weighted by Gasteiger charge is -2.37. The molecule has 1 heterocycles. The molecule has 3 heteroatoms. The summed E-state index contributed by atoms with van der Waals surface area (Å²) < 4.78 is 2.03. The van der Waals surface area contributed by atoms with Crippen LogP contribution in [-0.4, -0.2) is 22.9 Å². The number of hydrogen-bond donors (Lipinski definition) is 1. The molecule has 2 unspecified atom stereocenters. The molecular formula is C15H27N3. The summed E-state index contributed by atoms with van der Waals surface area (Å²) in [6.45, 7) is 10.00. The van der Waals surface area contributed by atoms with Crippen LogP contribution in [0.1, 0.15) is 39.2 Å². The number of nitrogens with zero attached hydrogens (tertiary/aromatic N) is 2. The van der Waals surface area contributed by atoms with Gasteiger partial charge < -0.3 is 5.32 Å². The summed E-state index contributed by atoms with van der Waals surface area (Å²) in [6.07, 6.45) is 8.26. The fraction of sp³-hybridized carbons (Fsp3) is 0.800. The lowest BCUT2D eigenvalue weighted by Crippen LogP contribution is -2.37. The highest BCUT2D eigenvalue weighted by Crippen LogP contribution is 2.36. The average molecular weight is 249 g/mol. The van der Waals surface area contributed by atoms with E-state index in [-0.39, 0.29) is 0 Å².